The number of amides is 2. The molecule has 1 fully saturated rings. The van der Waals surface area contributed by atoms with Crippen LogP contribution in [0.2, 0.25) is 0 Å². The van der Waals surface area contributed by atoms with Crippen molar-refractivity contribution in [2.24, 2.45) is 0 Å². The summed E-state index contributed by atoms with van der Waals surface area (Å²) in [7, 11) is 0. The van der Waals surface area contributed by atoms with E-state index in [1.54, 1.807) is 0 Å². The lowest BCUT2D eigenvalue weighted by molar-refractivity contribution is 0.208. The molecule has 1 N–H and O–H groups in total. The predicted octanol–water partition coefficient (Wildman–Crippen LogP) is 4.14. The van der Waals surface area contributed by atoms with Crippen LogP contribution in [0.15, 0.2) is 48.5 Å². The lowest BCUT2D eigenvalue weighted by Gasteiger charge is -2.36. The van der Waals surface area contributed by atoms with Crippen molar-refractivity contribution in [2.75, 3.05) is 36.4 Å². The van der Waals surface area contributed by atoms with Gasteiger partial charge in [0.1, 0.15) is 5.75 Å². The summed E-state index contributed by atoms with van der Waals surface area (Å²) in [6.45, 7) is 9.20. The number of carbonyl (C=O) groups excluding carboxylic acids is 1. The molecule has 138 valence electrons. The molecule has 1 aliphatic heterocycles. The summed E-state index contributed by atoms with van der Waals surface area (Å²) in [5, 5.41) is 2.97. The van der Waals surface area contributed by atoms with Gasteiger partial charge in [-0.05, 0) is 57.2 Å². The third-order valence-electron chi connectivity index (χ3n) is 4.44. The first kappa shape index (κ1) is 18.1. The number of piperazine rings is 1. The Bertz CT molecular complexity index is 718. The molecule has 3 rings (SSSR count). The molecule has 2 aromatic rings. The highest BCUT2D eigenvalue weighted by atomic mass is 16.5. The number of benzene rings is 2. The van der Waals surface area contributed by atoms with Crippen LogP contribution in [0.1, 0.15) is 19.4 Å². The highest BCUT2D eigenvalue weighted by Crippen LogP contribution is 2.19. The van der Waals surface area contributed by atoms with Crippen LogP contribution in [0, 0.1) is 6.92 Å². The van der Waals surface area contributed by atoms with E-state index < -0.39 is 0 Å². The van der Waals surface area contributed by atoms with Gasteiger partial charge >= 0.3 is 6.03 Å². The van der Waals surface area contributed by atoms with Crippen molar-refractivity contribution in [3.05, 3.63) is 54.1 Å². The zero-order chi connectivity index (χ0) is 18.5. The topological polar surface area (TPSA) is 44.8 Å². The Morgan fingerprint density at radius 2 is 1.58 bits per heavy atom. The molecule has 5 heteroatoms. The number of carbonyl (C=O) groups is 1. The molecular formula is C21H27N3O2. The summed E-state index contributed by atoms with van der Waals surface area (Å²) in [5.41, 5.74) is 3.26. The van der Waals surface area contributed by atoms with Crippen LogP contribution in [-0.4, -0.2) is 43.2 Å². The summed E-state index contributed by atoms with van der Waals surface area (Å²) >= 11 is 0. The lowest BCUT2D eigenvalue weighted by atomic mass is 10.2. The van der Waals surface area contributed by atoms with Gasteiger partial charge in [0.25, 0.3) is 0 Å². The van der Waals surface area contributed by atoms with Crippen molar-refractivity contribution >= 4 is 17.4 Å². The summed E-state index contributed by atoms with van der Waals surface area (Å²) in [6, 6.07) is 16.0. The van der Waals surface area contributed by atoms with Gasteiger partial charge in [-0.3, -0.25) is 0 Å². The number of urea groups is 1. The molecule has 1 heterocycles. The maximum absolute atomic E-state index is 12.5. The highest BCUT2D eigenvalue weighted by molar-refractivity contribution is 5.89. The molecule has 5 nitrogen and oxygen atoms in total. The lowest BCUT2D eigenvalue weighted by Crippen LogP contribution is -2.50. The molecule has 0 radical (unpaired) electrons. The molecule has 0 aliphatic carbocycles. The van der Waals surface area contributed by atoms with E-state index >= 15 is 0 Å². The van der Waals surface area contributed by atoms with Crippen molar-refractivity contribution in [2.45, 2.75) is 26.9 Å². The van der Waals surface area contributed by atoms with Gasteiger partial charge in [0.2, 0.25) is 0 Å². The molecule has 2 aromatic carbocycles. The standard InChI is InChI=1S/C21H27N3O2/c1-16(2)26-20-10-6-18(7-11-20)22-21(25)24-14-12-23(13-15-24)19-8-4-17(3)5-9-19/h4-11,16H,12-15H2,1-3H3,(H,22,25). The molecular weight excluding hydrogens is 326 g/mol. The Labute approximate surface area is 155 Å². The van der Waals surface area contributed by atoms with Crippen LogP contribution in [0.4, 0.5) is 16.2 Å². The van der Waals surface area contributed by atoms with E-state index in [1.807, 2.05) is 43.0 Å². The Balaban J connectivity index is 1.51. The first-order valence-corrected chi connectivity index (χ1v) is 9.15. The number of nitrogens with one attached hydrogen (secondary N) is 1. The minimum Gasteiger partial charge on any atom is -0.491 e. The number of hydrogen-bond acceptors (Lipinski definition) is 3. The zero-order valence-electron chi connectivity index (χ0n) is 15.7. The Kier molecular flexibility index (Phi) is 5.66. The Hall–Kier alpha value is -2.69. The maximum Gasteiger partial charge on any atom is 0.321 e. The van der Waals surface area contributed by atoms with Crippen molar-refractivity contribution in [1.29, 1.82) is 0 Å². The molecule has 1 aliphatic rings. The van der Waals surface area contributed by atoms with Crippen molar-refractivity contribution in [1.82, 2.24) is 4.90 Å². The minimum atomic E-state index is -0.0499. The van der Waals surface area contributed by atoms with E-state index in [0.717, 1.165) is 24.5 Å². The van der Waals surface area contributed by atoms with Gasteiger partial charge in [0.15, 0.2) is 0 Å². The largest absolute Gasteiger partial charge is 0.491 e. The van der Waals surface area contributed by atoms with Gasteiger partial charge in [-0.1, -0.05) is 17.7 Å². The fourth-order valence-corrected chi connectivity index (χ4v) is 3.01. The molecule has 0 atom stereocenters. The van der Waals surface area contributed by atoms with E-state index in [9.17, 15) is 4.79 Å². The smallest absolute Gasteiger partial charge is 0.321 e. The molecule has 0 spiro atoms. The van der Waals surface area contributed by atoms with Crippen LogP contribution in [0.5, 0.6) is 5.75 Å². The molecule has 0 saturated carbocycles. The fourth-order valence-electron chi connectivity index (χ4n) is 3.01. The van der Waals surface area contributed by atoms with E-state index in [1.165, 1.54) is 11.3 Å². The third-order valence-corrected chi connectivity index (χ3v) is 4.44. The molecule has 0 unspecified atom stereocenters. The van der Waals surface area contributed by atoms with Gasteiger partial charge in [-0.25, -0.2) is 4.79 Å². The molecule has 0 aromatic heterocycles. The fraction of sp³-hybridized carbons (Fsp3) is 0.381. The normalized spacial score (nSPS) is 14.5. The van der Waals surface area contributed by atoms with E-state index in [0.29, 0.717) is 13.1 Å². The maximum atomic E-state index is 12.5. The molecule has 0 bridgehead atoms. The summed E-state index contributed by atoms with van der Waals surface area (Å²) in [6.07, 6.45) is 0.139. The quantitative estimate of drug-likeness (QED) is 0.899. The zero-order valence-corrected chi connectivity index (χ0v) is 15.7. The Morgan fingerprint density at radius 3 is 2.15 bits per heavy atom. The second-order valence-corrected chi connectivity index (χ2v) is 6.93. The highest BCUT2D eigenvalue weighted by Gasteiger charge is 2.21. The van der Waals surface area contributed by atoms with E-state index in [2.05, 4.69) is 41.4 Å². The van der Waals surface area contributed by atoms with Crippen LogP contribution in [0.25, 0.3) is 0 Å². The summed E-state index contributed by atoms with van der Waals surface area (Å²) in [4.78, 5) is 16.7. The van der Waals surface area contributed by atoms with Crippen molar-refractivity contribution in [3.8, 4) is 5.75 Å². The molecule has 2 amide bonds. The van der Waals surface area contributed by atoms with E-state index in [-0.39, 0.29) is 12.1 Å². The Morgan fingerprint density at radius 1 is 0.962 bits per heavy atom. The third kappa shape index (κ3) is 4.69. The SMILES string of the molecule is Cc1ccc(N2CCN(C(=O)Nc3ccc(OC(C)C)cc3)CC2)cc1. The second kappa shape index (κ2) is 8.13. The summed E-state index contributed by atoms with van der Waals surface area (Å²) in [5.74, 6) is 0.810. The van der Waals surface area contributed by atoms with Crippen LogP contribution in [0.3, 0.4) is 0 Å². The first-order valence-electron chi connectivity index (χ1n) is 9.15. The average Bonchev–Trinajstić information content (AvgIpc) is 2.64. The number of ether oxygens (including phenoxy) is 1. The number of rotatable bonds is 4. The number of hydrogen-bond donors (Lipinski definition) is 1. The van der Waals surface area contributed by atoms with Gasteiger partial charge in [0, 0.05) is 37.6 Å². The van der Waals surface area contributed by atoms with Crippen LogP contribution in [-0.2, 0) is 0 Å². The average molecular weight is 353 g/mol. The van der Waals surface area contributed by atoms with Gasteiger partial charge < -0.3 is 19.9 Å². The van der Waals surface area contributed by atoms with Gasteiger partial charge in [0.05, 0.1) is 6.10 Å². The minimum absolute atomic E-state index is 0.0499. The van der Waals surface area contributed by atoms with Gasteiger partial charge in [-0.15, -0.1) is 0 Å². The monoisotopic (exact) mass is 353 g/mol. The predicted molar refractivity (Wildman–Crippen MR) is 106 cm³/mol. The number of aryl methyl sites for hydroxylation is 1. The van der Waals surface area contributed by atoms with Crippen molar-refractivity contribution in [3.63, 3.8) is 0 Å². The van der Waals surface area contributed by atoms with Gasteiger partial charge in [-0.2, -0.15) is 0 Å². The number of anilines is 2. The van der Waals surface area contributed by atoms with Crippen LogP contribution < -0.4 is 15.0 Å². The molecule has 1 saturated heterocycles. The molecule has 26 heavy (non-hydrogen) atoms. The summed E-state index contributed by atoms with van der Waals surface area (Å²) < 4.78 is 5.62. The van der Waals surface area contributed by atoms with Crippen LogP contribution >= 0.6 is 0 Å². The first-order chi connectivity index (χ1) is 12.5. The second-order valence-electron chi connectivity index (χ2n) is 6.93. The number of nitrogens with zero attached hydrogens (tertiary/aromatic N) is 2. The van der Waals surface area contributed by atoms with Crippen molar-refractivity contribution < 1.29 is 9.53 Å². The van der Waals surface area contributed by atoms with E-state index in [4.69, 9.17) is 4.74 Å².